The zero-order chi connectivity index (χ0) is 19.8. The van der Waals surface area contributed by atoms with Crippen molar-refractivity contribution < 1.29 is 4.79 Å². The van der Waals surface area contributed by atoms with Gasteiger partial charge in [-0.15, -0.1) is 10.2 Å². The predicted molar refractivity (Wildman–Crippen MR) is 115 cm³/mol. The average molecular weight is 411 g/mol. The molecule has 4 aromatic rings. The fraction of sp³-hybridized carbons (Fsp3) is 0.190. The van der Waals surface area contributed by atoms with E-state index >= 15 is 0 Å². The topological polar surface area (TPSA) is 59.3 Å². The van der Waals surface area contributed by atoms with Gasteiger partial charge >= 0.3 is 0 Å². The Morgan fingerprint density at radius 3 is 2.68 bits per heavy atom. The lowest BCUT2D eigenvalue weighted by Crippen LogP contribution is -2.23. The van der Waals surface area contributed by atoms with Gasteiger partial charge in [-0.3, -0.25) is 9.20 Å². The standard InChI is InChI=1S/C21H19ClN4OS/c1-12-6-4-5-7-17(12)23-20(27)14(3)28-21-25-24-19-10-13(2)16-11-15(22)8-9-18(16)26(19)21/h4-11,14H,1-3H3,(H,23,27). The highest BCUT2D eigenvalue weighted by molar-refractivity contribution is 8.00. The molecule has 0 aliphatic rings. The molecule has 1 atom stereocenters. The number of para-hydroxylation sites is 1. The summed E-state index contributed by atoms with van der Waals surface area (Å²) < 4.78 is 1.97. The van der Waals surface area contributed by atoms with Gasteiger partial charge in [0, 0.05) is 16.1 Å². The summed E-state index contributed by atoms with van der Waals surface area (Å²) in [7, 11) is 0. The molecule has 0 fully saturated rings. The minimum atomic E-state index is -0.337. The van der Waals surface area contributed by atoms with Gasteiger partial charge < -0.3 is 5.32 Å². The molecule has 1 amide bonds. The lowest BCUT2D eigenvalue weighted by molar-refractivity contribution is -0.115. The van der Waals surface area contributed by atoms with E-state index in [0.29, 0.717) is 10.2 Å². The van der Waals surface area contributed by atoms with Crippen LogP contribution in [0.3, 0.4) is 0 Å². The third-order valence-corrected chi connectivity index (χ3v) is 5.96. The monoisotopic (exact) mass is 410 g/mol. The first kappa shape index (κ1) is 18.8. The molecule has 7 heteroatoms. The van der Waals surface area contributed by atoms with Crippen molar-refractivity contribution in [2.75, 3.05) is 5.32 Å². The van der Waals surface area contributed by atoms with Crippen LogP contribution in [0.5, 0.6) is 0 Å². The van der Waals surface area contributed by atoms with Crippen LogP contribution < -0.4 is 5.32 Å². The van der Waals surface area contributed by atoms with Crippen LogP contribution in [0.2, 0.25) is 5.02 Å². The molecule has 0 saturated heterocycles. The number of benzene rings is 2. The van der Waals surface area contributed by atoms with Crippen LogP contribution in [-0.2, 0) is 4.79 Å². The van der Waals surface area contributed by atoms with Gasteiger partial charge in [0.15, 0.2) is 10.8 Å². The Hall–Kier alpha value is -2.57. The summed E-state index contributed by atoms with van der Waals surface area (Å²) in [5.74, 6) is -0.0736. The Morgan fingerprint density at radius 1 is 1.11 bits per heavy atom. The number of pyridine rings is 1. The SMILES string of the molecule is Cc1ccccc1NC(=O)C(C)Sc1nnc2cc(C)c3cc(Cl)ccc3n12. The zero-order valence-corrected chi connectivity index (χ0v) is 17.3. The molecule has 2 aromatic heterocycles. The number of anilines is 1. The summed E-state index contributed by atoms with van der Waals surface area (Å²) in [4.78, 5) is 12.7. The van der Waals surface area contributed by atoms with Crippen molar-refractivity contribution in [1.29, 1.82) is 0 Å². The fourth-order valence-electron chi connectivity index (χ4n) is 3.13. The molecule has 5 nitrogen and oxygen atoms in total. The lowest BCUT2D eigenvalue weighted by atomic mass is 10.1. The highest BCUT2D eigenvalue weighted by Crippen LogP contribution is 2.30. The van der Waals surface area contributed by atoms with Crippen LogP contribution in [0, 0.1) is 13.8 Å². The first-order chi connectivity index (χ1) is 13.4. The third-order valence-electron chi connectivity index (χ3n) is 4.68. The fourth-order valence-corrected chi connectivity index (χ4v) is 4.17. The molecular formula is C21H19ClN4OS. The maximum atomic E-state index is 12.7. The van der Waals surface area contributed by atoms with E-state index in [1.807, 2.05) is 73.7 Å². The van der Waals surface area contributed by atoms with Crippen LogP contribution in [0.15, 0.2) is 53.7 Å². The molecule has 28 heavy (non-hydrogen) atoms. The first-order valence-corrected chi connectivity index (χ1v) is 10.2. The normalized spacial score (nSPS) is 12.4. The van der Waals surface area contributed by atoms with E-state index in [1.54, 1.807) is 0 Å². The number of nitrogens with one attached hydrogen (secondary N) is 1. The van der Waals surface area contributed by atoms with Crippen LogP contribution >= 0.6 is 23.4 Å². The number of carbonyl (C=O) groups excluding carboxylic acids is 1. The number of aryl methyl sites for hydroxylation is 2. The van der Waals surface area contributed by atoms with E-state index in [9.17, 15) is 4.79 Å². The van der Waals surface area contributed by atoms with E-state index < -0.39 is 0 Å². The quantitative estimate of drug-likeness (QED) is 0.465. The van der Waals surface area contributed by atoms with Crippen molar-refractivity contribution in [3.05, 3.63) is 64.7 Å². The number of carbonyl (C=O) groups is 1. The van der Waals surface area contributed by atoms with Gasteiger partial charge in [0.05, 0.1) is 10.8 Å². The molecule has 142 valence electrons. The molecule has 1 unspecified atom stereocenters. The van der Waals surface area contributed by atoms with Gasteiger partial charge in [0.25, 0.3) is 0 Å². The van der Waals surface area contributed by atoms with Crippen molar-refractivity contribution in [1.82, 2.24) is 14.6 Å². The Labute approximate surface area is 172 Å². The summed E-state index contributed by atoms with van der Waals surface area (Å²) in [5.41, 5.74) is 4.65. The molecule has 0 bridgehead atoms. The molecule has 1 N–H and O–H groups in total. The van der Waals surface area contributed by atoms with E-state index in [0.717, 1.165) is 33.4 Å². The van der Waals surface area contributed by atoms with Crippen molar-refractivity contribution in [3.8, 4) is 0 Å². The summed E-state index contributed by atoms with van der Waals surface area (Å²) in [6.45, 7) is 5.87. The van der Waals surface area contributed by atoms with Gasteiger partial charge in [-0.25, -0.2) is 0 Å². The number of amides is 1. The van der Waals surface area contributed by atoms with Crippen LogP contribution in [0.1, 0.15) is 18.1 Å². The molecule has 2 aromatic carbocycles. The van der Waals surface area contributed by atoms with Crippen LogP contribution in [-0.4, -0.2) is 25.8 Å². The van der Waals surface area contributed by atoms with Crippen molar-refractivity contribution >= 4 is 51.5 Å². The summed E-state index contributed by atoms with van der Waals surface area (Å²) in [6.07, 6.45) is 0. The zero-order valence-electron chi connectivity index (χ0n) is 15.7. The molecular weight excluding hydrogens is 392 g/mol. The molecule has 4 rings (SSSR count). The Bertz CT molecular complexity index is 1200. The Balaban J connectivity index is 1.66. The molecule has 2 heterocycles. The highest BCUT2D eigenvalue weighted by Gasteiger charge is 2.20. The number of fused-ring (bicyclic) bond motifs is 3. The second-order valence-corrected chi connectivity index (χ2v) is 8.47. The van der Waals surface area contributed by atoms with Gasteiger partial charge in [-0.1, -0.05) is 41.6 Å². The predicted octanol–water partition coefficient (Wildman–Crippen LogP) is 5.27. The molecule has 0 aliphatic carbocycles. The van der Waals surface area contributed by atoms with Gasteiger partial charge in [0.2, 0.25) is 5.91 Å². The third kappa shape index (κ3) is 3.45. The van der Waals surface area contributed by atoms with E-state index in [1.165, 1.54) is 11.8 Å². The van der Waals surface area contributed by atoms with Crippen LogP contribution in [0.25, 0.3) is 16.6 Å². The summed E-state index contributed by atoms with van der Waals surface area (Å²) >= 11 is 7.55. The van der Waals surface area contributed by atoms with Crippen LogP contribution in [0.4, 0.5) is 5.69 Å². The average Bonchev–Trinajstić information content (AvgIpc) is 3.06. The second-order valence-electron chi connectivity index (χ2n) is 6.73. The molecule has 0 radical (unpaired) electrons. The number of nitrogens with zero attached hydrogens (tertiary/aromatic N) is 3. The van der Waals surface area contributed by atoms with Crippen molar-refractivity contribution in [2.24, 2.45) is 0 Å². The number of hydrogen-bond acceptors (Lipinski definition) is 4. The Morgan fingerprint density at radius 2 is 1.89 bits per heavy atom. The second kappa shape index (κ2) is 7.45. The molecule has 0 spiro atoms. The number of hydrogen-bond donors (Lipinski definition) is 1. The molecule has 0 aliphatic heterocycles. The maximum absolute atomic E-state index is 12.7. The van der Waals surface area contributed by atoms with E-state index in [2.05, 4.69) is 15.5 Å². The minimum absolute atomic E-state index is 0.0736. The minimum Gasteiger partial charge on any atom is -0.325 e. The first-order valence-electron chi connectivity index (χ1n) is 8.91. The number of halogens is 1. The van der Waals surface area contributed by atoms with E-state index in [4.69, 9.17) is 11.6 Å². The van der Waals surface area contributed by atoms with Gasteiger partial charge in [-0.05, 0) is 62.2 Å². The van der Waals surface area contributed by atoms with Gasteiger partial charge in [0.1, 0.15) is 0 Å². The number of rotatable bonds is 4. The summed E-state index contributed by atoms with van der Waals surface area (Å²) in [5, 5.41) is 13.7. The smallest absolute Gasteiger partial charge is 0.237 e. The summed E-state index contributed by atoms with van der Waals surface area (Å²) in [6, 6.07) is 15.5. The van der Waals surface area contributed by atoms with Crippen molar-refractivity contribution in [2.45, 2.75) is 31.2 Å². The largest absolute Gasteiger partial charge is 0.325 e. The maximum Gasteiger partial charge on any atom is 0.237 e. The Kier molecular flexibility index (Phi) is 5.00. The number of aromatic nitrogens is 3. The lowest BCUT2D eigenvalue weighted by Gasteiger charge is -2.13. The molecule has 0 saturated carbocycles. The number of thioether (sulfide) groups is 1. The van der Waals surface area contributed by atoms with Gasteiger partial charge in [-0.2, -0.15) is 0 Å². The van der Waals surface area contributed by atoms with Crippen molar-refractivity contribution in [3.63, 3.8) is 0 Å². The van der Waals surface area contributed by atoms with E-state index in [-0.39, 0.29) is 11.2 Å². The highest BCUT2D eigenvalue weighted by atomic mass is 35.5.